The number of nitrogens with one attached hydrogen (secondary N) is 1. The van der Waals surface area contributed by atoms with Gasteiger partial charge in [0.25, 0.3) is 5.91 Å². The number of piperidine rings is 1. The molecular weight excluding hydrogens is 279 g/mol. The lowest BCUT2D eigenvalue weighted by molar-refractivity contribution is 0.0681. The van der Waals surface area contributed by atoms with Crippen LogP contribution in [0.5, 0.6) is 0 Å². The van der Waals surface area contributed by atoms with Crippen LogP contribution in [0, 0.1) is 5.82 Å². The first-order chi connectivity index (χ1) is 9.56. The first-order valence-electron chi connectivity index (χ1n) is 7.03. The summed E-state index contributed by atoms with van der Waals surface area (Å²) in [4.78, 5) is 14.2. The van der Waals surface area contributed by atoms with E-state index < -0.39 is 5.82 Å². The summed E-state index contributed by atoms with van der Waals surface area (Å²) >= 11 is 5.91. The second-order valence-corrected chi connectivity index (χ2v) is 6.16. The molecule has 2 bridgehead atoms. The van der Waals surface area contributed by atoms with Crippen molar-refractivity contribution in [1.82, 2.24) is 10.2 Å². The van der Waals surface area contributed by atoms with Gasteiger partial charge >= 0.3 is 0 Å². The average molecular weight is 297 g/mol. The highest BCUT2D eigenvalue weighted by Gasteiger charge is 2.36. The van der Waals surface area contributed by atoms with Gasteiger partial charge in [-0.05, 0) is 37.8 Å². The maximum atomic E-state index is 13.5. The molecule has 108 valence electrons. The highest BCUT2D eigenvalue weighted by atomic mass is 35.5. The molecule has 3 rings (SSSR count). The number of hydrogen-bond acceptors (Lipinski definition) is 2. The van der Waals surface area contributed by atoms with Crippen LogP contribution in [0.1, 0.15) is 36.0 Å². The molecule has 2 fully saturated rings. The van der Waals surface area contributed by atoms with Gasteiger partial charge in [0, 0.05) is 25.2 Å². The Morgan fingerprint density at radius 3 is 2.65 bits per heavy atom. The number of hydrogen-bond donors (Lipinski definition) is 1. The minimum Gasteiger partial charge on any atom is -0.339 e. The fraction of sp³-hybridized carbons (Fsp3) is 0.533. The Hall–Kier alpha value is -1.13. The number of carbonyl (C=O) groups excluding carboxylic acids is 1. The maximum absolute atomic E-state index is 13.5. The summed E-state index contributed by atoms with van der Waals surface area (Å²) in [5.74, 6) is -0.739. The Balaban J connectivity index is 1.78. The van der Waals surface area contributed by atoms with E-state index in [0.29, 0.717) is 12.1 Å². The zero-order valence-corrected chi connectivity index (χ0v) is 12.2. The third kappa shape index (κ3) is 2.42. The second-order valence-electron chi connectivity index (χ2n) is 5.78. The van der Waals surface area contributed by atoms with Crippen LogP contribution < -0.4 is 5.32 Å². The molecule has 0 aromatic heterocycles. The molecule has 0 saturated carbocycles. The lowest BCUT2D eigenvalue weighted by atomic mass is 9.98. The summed E-state index contributed by atoms with van der Waals surface area (Å²) < 4.78 is 13.5. The molecule has 3 nitrogen and oxygen atoms in total. The van der Waals surface area contributed by atoms with Gasteiger partial charge in [-0.3, -0.25) is 4.79 Å². The van der Waals surface area contributed by atoms with Crippen LogP contribution >= 0.6 is 11.6 Å². The fourth-order valence-electron chi connectivity index (χ4n) is 3.37. The largest absolute Gasteiger partial charge is 0.339 e. The highest BCUT2D eigenvalue weighted by Crippen LogP contribution is 2.30. The summed E-state index contributed by atoms with van der Waals surface area (Å²) in [6.45, 7) is 0. The van der Waals surface area contributed by atoms with Crippen LogP contribution in [-0.4, -0.2) is 36.0 Å². The smallest absolute Gasteiger partial charge is 0.255 e. The molecule has 5 heteroatoms. The summed E-state index contributed by atoms with van der Waals surface area (Å²) in [5.41, 5.74) is 0.250. The molecule has 1 unspecified atom stereocenters. The van der Waals surface area contributed by atoms with Gasteiger partial charge in [0.1, 0.15) is 5.82 Å². The van der Waals surface area contributed by atoms with Crippen molar-refractivity contribution in [3.05, 3.63) is 34.6 Å². The van der Waals surface area contributed by atoms with E-state index in [9.17, 15) is 9.18 Å². The van der Waals surface area contributed by atoms with Crippen molar-refractivity contribution in [2.75, 3.05) is 7.05 Å². The van der Waals surface area contributed by atoms with E-state index in [1.165, 1.54) is 25.0 Å². The van der Waals surface area contributed by atoms with Gasteiger partial charge in [0.15, 0.2) is 0 Å². The van der Waals surface area contributed by atoms with Gasteiger partial charge < -0.3 is 10.2 Å². The molecule has 0 aliphatic carbocycles. The van der Waals surface area contributed by atoms with Crippen LogP contribution in [0.2, 0.25) is 5.02 Å². The topological polar surface area (TPSA) is 32.3 Å². The normalized spacial score (nSPS) is 28.4. The first kappa shape index (κ1) is 13.8. The predicted octanol–water partition coefficient (Wildman–Crippen LogP) is 2.83. The number of amides is 1. The second kappa shape index (κ2) is 5.34. The zero-order chi connectivity index (χ0) is 14.3. The molecule has 2 aliphatic rings. The minimum absolute atomic E-state index is 0.0822. The van der Waals surface area contributed by atoms with E-state index in [1.54, 1.807) is 18.0 Å². The van der Waals surface area contributed by atoms with Crippen LogP contribution in [0.15, 0.2) is 18.2 Å². The molecule has 0 spiro atoms. The monoisotopic (exact) mass is 296 g/mol. The maximum Gasteiger partial charge on any atom is 0.255 e. The molecule has 2 aliphatic heterocycles. The van der Waals surface area contributed by atoms with Crippen molar-refractivity contribution in [3.63, 3.8) is 0 Å². The van der Waals surface area contributed by atoms with Gasteiger partial charge in [0.05, 0.1) is 10.6 Å². The molecule has 2 heterocycles. The Kier molecular flexibility index (Phi) is 3.69. The van der Waals surface area contributed by atoms with E-state index in [4.69, 9.17) is 11.6 Å². The third-order valence-corrected chi connectivity index (χ3v) is 4.88. The summed E-state index contributed by atoms with van der Waals surface area (Å²) in [6.07, 6.45) is 4.30. The number of fused-ring (bicyclic) bond motifs is 2. The quantitative estimate of drug-likeness (QED) is 0.910. The van der Waals surface area contributed by atoms with E-state index >= 15 is 0 Å². The molecular formula is C15H18ClFN2O. The lowest BCUT2D eigenvalue weighted by Crippen LogP contribution is -2.48. The lowest BCUT2D eigenvalue weighted by Gasteiger charge is -2.35. The van der Waals surface area contributed by atoms with Gasteiger partial charge in [-0.25, -0.2) is 4.39 Å². The summed E-state index contributed by atoms with van der Waals surface area (Å²) in [7, 11) is 1.79. The molecule has 1 N–H and O–H groups in total. The van der Waals surface area contributed by atoms with Crippen LogP contribution in [-0.2, 0) is 0 Å². The average Bonchev–Trinajstić information content (AvgIpc) is 2.79. The Labute approximate surface area is 123 Å². The highest BCUT2D eigenvalue weighted by molar-refractivity contribution is 6.34. The number of rotatable bonds is 2. The van der Waals surface area contributed by atoms with Crippen molar-refractivity contribution in [1.29, 1.82) is 0 Å². The van der Waals surface area contributed by atoms with Gasteiger partial charge in [0.2, 0.25) is 0 Å². The number of benzene rings is 1. The number of nitrogens with zero attached hydrogens (tertiary/aromatic N) is 1. The fourth-order valence-corrected chi connectivity index (χ4v) is 3.58. The standard InChI is InChI=1S/C15H18ClFN2O/c1-19(11-7-9-5-6-10(8-11)18-9)15(20)12-3-2-4-13(17)14(12)16/h2-4,9-11,18H,5-8H2,1H3/t9-,10+,11?. The van der Waals surface area contributed by atoms with Crippen molar-refractivity contribution in [3.8, 4) is 0 Å². The van der Waals surface area contributed by atoms with Gasteiger partial charge in [-0.1, -0.05) is 17.7 Å². The molecule has 0 radical (unpaired) electrons. The predicted molar refractivity (Wildman–Crippen MR) is 76.5 cm³/mol. The molecule has 1 amide bonds. The zero-order valence-electron chi connectivity index (χ0n) is 11.4. The number of carbonyl (C=O) groups is 1. The van der Waals surface area contributed by atoms with Crippen LogP contribution in [0.3, 0.4) is 0 Å². The van der Waals surface area contributed by atoms with Crippen molar-refractivity contribution in [2.45, 2.75) is 43.8 Å². The van der Waals surface area contributed by atoms with Gasteiger partial charge in [-0.2, -0.15) is 0 Å². The summed E-state index contributed by atoms with van der Waals surface area (Å²) in [5, 5.41) is 3.47. The Morgan fingerprint density at radius 2 is 2.00 bits per heavy atom. The molecule has 3 atom stereocenters. The van der Waals surface area contributed by atoms with Crippen molar-refractivity contribution in [2.24, 2.45) is 0 Å². The molecule has 1 aromatic carbocycles. The molecule has 20 heavy (non-hydrogen) atoms. The SMILES string of the molecule is CN(C(=O)c1cccc(F)c1Cl)C1C[C@H]2CC[C@@H](C1)N2. The molecule has 2 saturated heterocycles. The van der Waals surface area contributed by atoms with E-state index in [2.05, 4.69) is 5.32 Å². The van der Waals surface area contributed by atoms with E-state index in [1.807, 2.05) is 0 Å². The van der Waals surface area contributed by atoms with Crippen LogP contribution in [0.25, 0.3) is 0 Å². The van der Waals surface area contributed by atoms with E-state index in [-0.39, 0.29) is 22.5 Å². The van der Waals surface area contributed by atoms with Crippen molar-refractivity contribution >= 4 is 17.5 Å². The molecule has 1 aromatic rings. The van der Waals surface area contributed by atoms with Crippen molar-refractivity contribution < 1.29 is 9.18 Å². The van der Waals surface area contributed by atoms with Gasteiger partial charge in [-0.15, -0.1) is 0 Å². The first-order valence-corrected chi connectivity index (χ1v) is 7.41. The minimum atomic E-state index is -0.545. The van der Waals surface area contributed by atoms with Crippen LogP contribution in [0.4, 0.5) is 4.39 Å². The number of halogens is 2. The Bertz CT molecular complexity index is 525. The summed E-state index contributed by atoms with van der Waals surface area (Å²) in [6, 6.07) is 5.60. The Morgan fingerprint density at radius 1 is 1.35 bits per heavy atom. The third-order valence-electron chi connectivity index (χ3n) is 4.50. The van der Waals surface area contributed by atoms with E-state index in [0.717, 1.165) is 12.8 Å².